The molecule has 2 aromatic rings. The van der Waals surface area contributed by atoms with Crippen molar-refractivity contribution in [3.8, 4) is 0 Å². The lowest BCUT2D eigenvalue weighted by atomic mass is 9.95. The molecule has 1 atom stereocenters. The third kappa shape index (κ3) is 3.51. The highest BCUT2D eigenvalue weighted by Gasteiger charge is 2.60. The predicted octanol–water partition coefficient (Wildman–Crippen LogP) is 3.36. The van der Waals surface area contributed by atoms with Crippen molar-refractivity contribution in [3.05, 3.63) is 54.1 Å². The Labute approximate surface area is 186 Å². The van der Waals surface area contributed by atoms with Crippen LogP contribution < -0.4 is 15.5 Å². The van der Waals surface area contributed by atoms with Gasteiger partial charge in [0.1, 0.15) is 0 Å². The van der Waals surface area contributed by atoms with Crippen LogP contribution in [0.25, 0.3) is 0 Å². The summed E-state index contributed by atoms with van der Waals surface area (Å²) in [5.74, 6) is -1.03. The number of nitrogens with one attached hydrogen (secondary N) is 2. The molecule has 4 amide bonds. The molecule has 0 aromatic heterocycles. The van der Waals surface area contributed by atoms with E-state index in [1.54, 1.807) is 53.4 Å². The van der Waals surface area contributed by atoms with Crippen LogP contribution in [0.3, 0.4) is 0 Å². The van der Waals surface area contributed by atoms with Crippen LogP contribution in [-0.2, 0) is 14.4 Å². The van der Waals surface area contributed by atoms with Gasteiger partial charge in [-0.3, -0.25) is 24.1 Å². The summed E-state index contributed by atoms with van der Waals surface area (Å²) in [4.78, 5) is 54.5. The summed E-state index contributed by atoms with van der Waals surface area (Å²) in [6.45, 7) is 3.81. The van der Waals surface area contributed by atoms with Gasteiger partial charge in [0.25, 0.3) is 11.8 Å². The quantitative estimate of drug-likeness (QED) is 0.728. The maximum atomic E-state index is 13.7. The van der Waals surface area contributed by atoms with E-state index in [1.165, 1.54) is 11.8 Å². The van der Waals surface area contributed by atoms with Gasteiger partial charge in [0.15, 0.2) is 0 Å². The minimum Gasteiger partial charge on any atom is -0.326 e. The number of carbonyl (C=O) groups is 4. The molecular weight excluding hydrogens is 408 g/mol. The Balaban J connectivity index is 1.73. The van der Waals surface area contributed by atoms with Gasteiger partial charge in [-0.1, -0.05) is 25.5 Å². The van der Waals surface area contributed by atoms with Crippen molar-refractivity contribution in [2.45, 2.75) is 45.2 Å². The van der Waals surface area contributed by atoms with Gasteiger partial charge in [-0.15, -0.1) is 0 Å². The van der Waals surface area contributed by atoms with Crippen LogP contribution in [-0.4, -0.2) is 40.7 Å². The van der Waals surface area contributed by atoms with E-state index in [4.69, 9.17) is 0 Å². The van der Waals surface area contributed by atoms with E-state index in [0.717, 1.165) is 12.8 Å². The van der Waals surface area contributed by atoms with Gasteiger partial charge < -0.3 is 15.5 Å². The number of para-hydroxylation sites is 1. The zero-order valence-corrected chi connectivity index (χ0v) is 18.2. The predicted molar refractivity (Wildman–Crippen MR) is 121 cm³/mol. The minimum absolute atomic E-state index is 0.178. The fraction of sp³-hybridized carbons (Fsp3) is 0.333. The van der Waals surface area contributed by atoms with Crippen molar-refractivity contribution in [3.63, 3.8) is 0 Å². The van der Waals surface area contributed by atoms with Gasteiger partial charge in [0.2, 0.25) is 17.5 Å². The van der Waals surface area contributed by atoms with Crippen LogP contribution in [0.15, 0.2) is 48.5 Å². The number of hydrogen-bond donors (Lipinski definition) is 2. The van der Waals surface area contributed by atoms with Gasteiger partial charge in [-0.2, -0.15) is 0 Å². The van der Waals surface area contributed by atoms with Gasteiger partial charge in [0, 0.05) is 37.7 Å². The molecule has 2 heterocycles. The fourth-order valence-electron chi connectivity index (χ4n) is 4.48. The van der Waals surface area contributed by atoms with Crippen LogP contribution >= 0.6 is 0 Å². The summed E-state index contributed by atoms with van der Waals surface area (Å²) in [5.41, 5.74) is 0.622. The zero-order chi connectivity index (χ0) is 22.9. The number of carbonyl (C=O) groups excluding carboxylic acids is 4. The van der Waals surface area contributed by atoms with Gasteiger partial charge in [0.05, 0.1) is 11.3 Å². The van der Waals surface area contributed by atoms with E-state index in [0.29, 0.717) is 29.2 Å². The average molecular weight is 434 g/mol. The highest BCUT2D eigenvalue weighted by molar-refractivity contribution is 6.18. The average Bonchev–Trinajstić information content (AvgIpc) is 3.13. The van der Waals surface area contributed by atoms with Crippen molar-refractivity contribution in [2.75, 3.05) is 22.1 Å². The fourth-order valence-corrected chi connectivity index (χ4v) is 4.48. The Morgan fingerprint density at radius 2 is 1.66 bits per heavy atom. The van der Waals surface area contributed by atoms with Crippen molar-refractivity contribution < 1.29 is 19.2 Å². The van der Waals surface area contributed by atoms with Crippen LogP contribution in [0.5, 0.6) is 0 Å². The molecule has 8 heteroatoms. The van der Waals surface area contributed by atoms with Gasteiger partial charge >= 0.3 is 0 Å². The van der Waals surface area contributed by atoms with Crippen molar-refractivity contribution >= 4 is 40.7 Å². The van der Waals surface area contributed by atoms with E-state index >= 15 is 0 Å². The van der Waals surface area contributed by atoms with Crippen molar-refractivity contribution in [2.24, 2.45) is 0 Å². The Bertz CT molecular complexity index is 1080. The topological polar surface area (TPSA) is 98.8 Å². The molecule has 2 aromatic carbocycles. The van der Waals surface area contributed by atoms with E-state index in [2.05, 4.69) is 10.6 Å². The number of rotatable bonds is 6. The molecule has 0 radical (unpaired) electrons. The molecule has 0 spiro atoms. The first-order valence-electron chi connectivity index (χ1n) is 10.8. The normalized spacial score (nSPS) is 19.4. The van der Waals surface area contributed by atoms with Crippen LogP contribution in [0.1, 0.15) is 49.9 Å². The van der Waals surface area contributed by atoms with Crippen molar-refractivity contribution in [1.82, 2.24) is 4.90 Å². The number of nitrogens with zero attached hydrogens (tertiary/aromatic N) is 2. The smallest absolute Gasteiger partial charge is 0.271 e. The van der Waals surface area contributed by atoms with Crippen LogP contribution in [0.4, 0.5) is 17.1 Å². The molecule has 4 rings (SSSR count). The number of amides is 4. The number of anilines is 3. The van der Waals surface area contributed by atoms with E-state index < -0.39 is 11.6 Å². The Hall–Kier alpha value is -3.68. The van der Waals surface area contributed by atoms with Gasteiger partial charge in [-0.25, -0.2) is 0 Å². The second kappa shape index (κ2) is 8.45. The molecule has 0 aliphatic carbocycles. The molecule has 2 aliphatic heterocycles. The highest BCUT2D eigenvalue weighted by Crippen LogP contribution is 2.45. The largest absolute Gasteiger partial charge is 0.326 e. The van der Waals surface area contributed by atoms with E-state index in [1.807, 2.05) is 6.92 Å². The molecule has 0 unspecified atom stereocenters. The molecular formula is C24H26N4O4. The Morgan fingerprint density at radius 3 is 2.31 bits per heavy atom. The first-order valence-corrected chi connectivity index (χ1v) is 10.8. The molecule has 1 fully saturated rings. The number of hydrogen-bond acceptors (Lipinski definition) is 4. The van der Waals surface area contributed by atoms with Crippen LogP contribution in [0, 0.1) is 0 Å². The maximum Gasteiger partial charge on any atom is 0.271 e. The maximum absolute atomic E-state index is 13.7. The third-order valence-corrected chi connectivity index (χ3v) is 5.94. The number of fused-ring (bicyclic) bond motifs is 3. The summed E-state index contributed by atoms with van der Waals surface area (Å²) in [5, 5.41) is 5.57. The summed E-state index contributed by atoms with van der Waals surface area (Å²) in [6.07, 6.45) is 1.97. The van der Waals surface area contributed by atoms with Gasteiger partial charge in [-0.05, 0) is 42.8 Å². The van der Waals surface area contributed by atoms with Crippen molar-refractivity contribution in [1.29, 1.82) is 0 Å². The molecule has 166 valence electrons. The summed E-state index contributed by atoms with van der Waals surface area (Å²) in [6, 6.07) is 13.7. The first-order chi connectivity index (χ1) is 15.4. The second-order valence-electron chi connectivity index (χ2n) is 8.09. The molecule has 0 bridgehead atoms. The van der Waals surface area contributed by atoms with E-state index in [-0.39, 0.29) is 30.6 Å². The Morgan fingerprint density at radius 1 is 1.00 bits per heavy atom. The summed E-state index contributed by atoms with van der Waals surface area (Å²) in [7, 11) is 0. The molecule has 32 heavy (non-hydrogen) atoms. The number of unbranched alkanes of at least 4 members (excludes halogenated alkanes) is 1. The molecule has 2 aliphatic rings. The summed E-state index contributed by atoms with van der Waals surface area (Å²) >= 11 is 0. The molecule has 8 nitrogen and oxygen atoms in total. The minimum atomic E-state index is -1.41. The third-order valence-electron chi connectivity index (χ3n) is 5.94. The molecule has 0 saturated carbocycles. The monoisotopic (exact) mass is 434 g/mol. The SMILES string of the molecule is CCCCN1C(=O)c2ccccc2N2C(=O)CC[C@]12C(=O)Nc1ccc(NC(C)=O)cc1. The second-order valence-corrected chi connectivity index (χ2v) is 8.09. The number of benzene rings is 2. The lowest BCUT2D eigenvalue weighted by Crippen LogP contribution is -2.69. The highest BCUT2D eigenvalue weighted by atomic mass is 16.2. The summed E-state index contributed by atoms with van der Waals surface area (Å²) < 4.78 is 0. The molecule has 2 N–H and O–H groups in total. The zero-order valence-electron chi connectivity index (χ0n) is 18.2. The molecule has 1 saturated heterocycles. The van der Waals surface area contributed by atoms with E-state index in [9.17, 15) is 19.2 Å². The lowest BCUT2D eigenvalue weighted by Gasteiger charge is -2.49. The first kappa shape index (κ1) is 21.5. The van der Waals surface area contributed by atoms with Crippen LogP contribution in [0.2, 0.25) is 0 Å². The Kier molecular flexibility index (Phi) is 5.69. The lowest BCUT2D eigenvalue weighted by molar-refractivity contribution is -0.129. The standard InChI is InChI=1S/C24H26N4O4/c1-3-4-15-27-22(31)19-7-5-6-8-20(19)28-21(30)13-14-24(27,28)23(32)26-18-11-9-17(10-12-18)25-16(2)29/h5-12H,3-4,13-15H2,1-2H3,(H,25,29)(H,26,32)/t24-/m0/s1.